The number of aryl methyl sites for hydroxylation is 1. The summed E-state index contributed by atoms with van der Waals surface area (Å²) in [4.78, 5) is 0.383. The Morgan fingerprint density at radius 2 is 2.35 bits per heavy atom. The van der Waals surface area contributed by atoms with Gasteiger partial charge < -0.3 is 9.88 Å². The third kappa shape index (κ3) is 2.38. The van der Waals surface area contributed by atoms with Crippen LogP contribution in [0.1, 0.15) is 13.3 Å². The van der Waals surface area contributed by atoms with E-state index in [4.69, 9.17) is 0 Å². The molecule has 1 unspecified atom stereocenters. The lowest BCUT2D eigenvalue weighted by Crippen LogP contribution is -2.41. The van der Waals surface area contributed by atoms with Crippen molar-refractivity contribution in [3.63, 3.8) is 0 Å². The summed E-state index contributed by atoms with van der Waals surface area (Å²) in [6.45, 7) is 4.05. The number of rotatable bonds is 4. The van der Waals surface area contributed by atoms with Crippen LogP contribution >= 0.6 is 0 Å². The Morgan fingerprint density at radius 3 is 2.82 bits per heavy atom. The molecule has 0 aliphatic carbocycles. The average Bonchev–Trinajstić information content (AvgIpc) is 2.89. The Balaban J connectivity index is 2.29. The molecule has 6 heteroatoms. The fraction of sp³-hybridized carbons (Fsp3) is 0.636. The molecule has 0 aromatic carbocycles. The summed E-state index contributed by atoms with van der Waals surface area (Å²) in [5.41, 5.74) is 0. The molecule has 0 amide bonds. The van der Waals surface area contributed by atoms with Crippen molar-refractivity contribution in [1.82, 2.24) is 14.2 Å². The highest BCUT2D eigenvalue weighted by Gasteiger charge is 2.32. The summed E-state index contributed by atoms with van der Waals surface area (Å²) < 4.78 is 28.3. The van der Waals surface area contributed by atoms with Crippen LogP contribution < -0.4 is 5.32 Å². The van der Waals surface area contributed by atoms with Crippen molar-refractivity contribution in [3.05, 3.63) is 18.5 Å². The number of aromatic nitrogens is 1. The van der Waals surface area contributed by atoms with Gasteiger partial charge in [-0.15, -0.1) is 0 Å². The van der Waals surface area contributed by atoms with Crippen LogP contribution in [0.15, 0.2) is 23.4 Å². The summed E-state index contributed by atoms with van der Waals surface area (Å²) in [6, 6.07) is 1.74. The lowest BCUT2D eigenvalue weighted by atomic mass is 10.3. The molecule has 1 aromatic rings. The topological polar surface area (TPSA) is 54.3 Å². The normalized spacial score (nSPS) is 21.2. The number of sulfonamides is 1. The van der Waals surface area contributed by atoms with E-state index >= 15 is 0 Å². The minimum atomic E-state index is -3.34. The van der Waals surface area contributed by atoms with Gasteiger partial charge in [0.25, 0.3) is 0 Å². The zero-order chi connectivity index (χ0) is 12.5. The Bertz CT molecular complexity index is 475. The van der Waals surface area contributed by atoms with Gasteiger partial charge in [0.15, 0.2) is 0 Å². The van der Waals surface area contributed by atoms with Gasteiger partial charge in [0.05, 0.1) is 4.90 Å². The first-order chi connectivity index (χ1) is 8.05. The quantitative estimate of drug-likeness (QED) is 0.849. The molecule has 5 nitrogen and oxygen atoms in total. The summed E-state index contributed by atoms with van der Waals surface area (Å²) in [7, 11) is -1.52. The zero-order valence-electron chi connectivity index (χ0n) is 10.3. The van der Waals surface area contributed by atoms with E-state index in [2.05, 4.69) is 5.32 Å². The highest BCUT2D eigenvalue weighted by atomic mass is 32.2. The molecule has 1 aromatic heterocycles. The van der Waals surface area contributed by atoms with E-state index in [0.717, 1.165) is 19.5 Å². The summed E-state index contributed by atoms with van der Waals surface area (Å²) >= 11 is 0. The molecule has 0 saturated carbocycles. The smallest absolute Gasteiger partial charge is 0.244 e. The third-order valence-corrected chi connectivity index (χ3v) is 5.18. The van der Waals surface area contributed by atoms with Gasteiger partial charge in [-0.25, -0.2) is 8.42 Å². The van der Waals surface area contributed by atoms with Crippen LogP contribution in [0.5, 0.6) is 0 Å². The monoisotopic (exact) mass is 257 g/mol. The zero-order valence-corrected chi connectivity index (χ0v) is 11.1. The fourth-order valence-electron chi connectivity index (χ4n) is 2.28. The van der Waals surface area contributed by atoms with Gasteiger partial charge in [-0.2, -0.15) is 4.31 Å². The molecule has 1 fully saturated rings. The number of likely N-dealkylation sites (N-methyl/N-ethyl adjacent to an activating group) is 1. The molecule has 1 atom stereocenters. The summed E-state index contributed by atoms with van der Waals surface area (Å²) in [5, 5.41) is 3.20. The van der Waals surface area contributed by atoms with Crippen LogP contribution in [0.25, 0.3) is 0 Å². The molecule has 1 aliphatic heterocycles. The predicted octanol–water partition coefficient (Wildman–Crippen LogP) is 0.398. The highest BCUT2D eigenvalue weighted by Crippen LogP contribution is 2.20. The van der Waals surface area contributed by atoms with Crippen LogP contribution in [0.4, 0.5) is 0 Å². The van der Waals surface area contributed by atoms with Crippen LogP contribution in [0.2, 0.25) is 0 Å². The molecule has 1 N–H and O–H groups in total. The van der Waals surface area contributed by atoms with Gasteiger partial charge in [0.1, 0.15) is 0 Å². The molecule has 1 saturated heterocycles. The lowest BCUT2D eigenvalue weighted by Gasteiger charge is -2.25. The van der Waals surface area contributed by atoms with Gasteiger partial charge in [0, 0.05) is 38.6 Å². The van der Waals surface area contributed by atoms with Crippen molar-refractivity contribution in [3.8, 4) is 0 Å². The first kappa shape index (κ1) is 12.6. The van der Waals surface area contributed by atoms with Crippen molar-refractivity contribution < 1.29 is 8.42 Å². The van der Waals surface area contributed by atoms with E-state index in [0.29, 0.717) is 11.4 Å². The molecular weight excluding hydrogens is 238 g/mol. The van der Waals surface area contributed by atoms with E-state index in [1.54, 1.807) is 27.3 Å². The number of nitrogens with one attached hydrogen (secondary N) is 1. The van der Waals surface area contributed by atoms with Gasteiger partial charge in [-0.05, 0) is 19.0 Å². The number of hydrogen-bond donors (Lipinski definition) is 1. The lowest BCUT2D eigenvalue weighted by molar-refractivity contribution is 0.349. The Hall–Kier alpha value is -0.850. The Kier molecular flexibility index (Phi) is 3.56. The second-order valence-electron chi connectivity index (χ2n) is 4.37. The van der Waals surface area contributed by atoms with Gasteiger partial charge in [-0.1, -0.05) is 6.92 Å². The molecule has 0 radical (unpaired) electrons. The molecule has 96 valence electrons. The van der Waals surface area contributed by atoms with E-state index in [1.165, 1.54) is 0 Å². The van der Waals surface area contributed by atoms with E-state index in [1.807, 2.05) is 14.0 Å². The first-order valence-electron chi connectivity index (χ1n) is 5.90. The van der Waals surface area contributed by atoms with Gasteiger partial charge in [-0.3, -0.25) is 0 Å². The third-order valence-electron chi connectivity index (χ3n) is 3.16. The van der Waals surface area contributed by atoms with Crippen molar-refractivity contribution >= 4 is 10.0 Å². The molecule has 0 spiro atoms. The maximum atomic E-state index is 12.4. The molecule has 2 rings (SSSR count). The maximum absolute atomic E-state index is 12.4. The van der Waals surface area contributed by atoms with Crippen LogP contribution in [-0.2, 0) is 17.1 Å². The highest BCUT2D eigenvalue weighted by molar-refractivity contribution is 7.89. The second kappa shape index (κ2) is 4.80. The summed E-state index contributed by atoms with van der Waals surface area (Å²) in [6.07, 6.45) is 4.30. The van der Waals surface area contributed by atoms with E-state index in [-0.39, 0.29) is 6.04 Å². The molecule has 17 heavy (non-hydrogen) atoms. The van der Waals surface area contributed by atoms with Crippen molar-refractivity contribution in [2.45, 2.75) is 24.3 Å². The minimum Gasteiger partial charge on any atom is -0.356 e. The fourth-order valence-corrected chi connectivity index (χ4v) is 3.99. The maximum Gasteiger partial charge on any atom is 0.244 e. The molecule has 2 heterocycles. The largest absolute Gasteiger partial charge is 0.356 e. The van der Waals surface area contributed by atoms with E-state index in [9.17, 15) is 8.42 Å². The van der Waals surface area contributed by atoms with E-state index < -0.39 is 10.0 Å². The Labute approximate surface area is 102 Å². The predicted molar refractivity (Wildman–Crippen MR) is 66.3 cm³/mol. The Morgan fingerprint density at radius 1 is 1.59 bits per heavy atom. The average molecular weight is 257 g/mol. The van der Waals surface area contributed by atoms with Crippen molar-refractivity contribution in [1.29, 1.82) is 0 Å². The van der Waals surface area contributed by atoms with Crippen LogP contribution in [0, 0.1) is 0 Å². The number of hydrogen-bond acceptors (Lipinski definition) is 3. The molecule has 1 aliphatic rings. The van der Waals surface area contributed by atoms with Crippen LogP contribution in [0.3, 0.4) is 0 Å². The first-order valence-corrected chi connectivity index (χ1v) is 7.34. The van der Waals surface area contributed by atoms with Crippen molar-refractivity contribution in [2.24, 2.45) is 7.05 Å². The summed E-state index contributed by atoms with van der Waals surface area (Å²) in [5.74, 6) is 0. The molecule has 0 bridgehead atoms. The second-order valence-corrected chi connectivity index (χ2v) is 6.26. The van der Waals surface area contributed by atoms with Gasteiger partial charge >= 0.3 is 0 Å². The van der Waals surface area contributed by atoms with Gasteiger partial charge in [0.2, 0.25) is 10.0 Å². The minimum absolute atomic E-state index is 0.0882. The van der Waals surface area contributed by atoms with Crippen molar-refractivity contribution in [2.75, 3.05) is 19.6 Å². The number of nitrogens with zero attached hydrogens (tertiary/aromatic N) is 2. The van der Waals surface area contributed by atoms with Crippen LogP contribution in [-0.4, -0.2) is 43.0 Å². The molecular formula is C11H19N3O2S. The SMILES string of the molecule is CCN(C1CCNC1)S(=O)(=O)c1ccn(C)c1. The standard InChI is InChI=1S/C11H19N3O2S/c1-3-14(10-4-6-12-8-10)17(15,16)11-5-7-13(2)9-11/h5,7,9-10,12H,3-4,6,8H2,1-2H3.